The van der Waals surface area contributed by atoms with Crippen LogP contribution in [0.1, 0.15) is 5.56 Å². The second-order valence-electron chi connectivity index (χ2n) is 4.68. The van der Waals surface area contributed by atoms with Crippen LogP contribution in [0.2, 0.25) is 0 Å². The van der Waals surface area contributed by atoms with E-state index >= 15 is 0 Å². The van der Waals surface area contributed by atoms with Crippen molar-refractivity contribution >= 4 is 33.6 Å². The van der Waals surface area contributed by atoms with Gasteiger partial charge in [0.15, 0.2) is 11.5 Å². The monoisotopic (exact) mass is 390 g/mol. The number of amides is 1. The van der Waals surface area contributed by atoms with Gasteiger partial charge in [0, 0.05) is 15.7 Å². The summed E-state index contributed by atoms with van der Waals surface area (Å²) in [6.07, 6.45) is 1.24. The Morgan fingerprint density at radius 1 is 1.38 bits per heavy atom. The molecule has 1 amide bonds. The van der Waals surface area contributed by atoms with Crippen LogP contribution in [0.4, 0.5) is 10.1 Å². The molecule has 2 N–H and O–H groups in total. The Bertz CT molecular complexity index is 842. The summed E-state index contributed by atoms with van der Waals surface area (Å²) in [6, 6.07) is 10.0. The third-order valence-corrected chi connectivity index (χ3v) is 3.51. The van der Waals surface area contributed by atoms with Gasteiger partial charge in [-0.2, -0.15) is 5.26 Å². The van der Waals surface area contributed by atoms with E-state index in [0.29, 0.717) is 10.2 Å². The van der Waals surface area contributed by atoms with Crippen LogP contribution in [0.25, 0.3) is 6.08 Å². The molecule has 0 radical (unpaired) electrons. The number of ether oxygens (including phenoxy) is 1. The van der Waals surface area contributed by atoms with E-state index in [9.17, 15) is 19.6 Å². The van der Waals surface area contributed by atoms with E-state index in [2.05, 4.69) is 21.2 Å². The van der Waals surface area contributed by atoms with Crippen LogP contribution in [-0.4, -0.2) is 18.1 Å². The molecule has 0 bridgehead atoms. The first-order valence-corrected chi connectivity index (χ1v) is 7.49. The molecule has 0 atom stereocenters. The number of nitrogens with one attached hydrogen (secondary N) is 1. The maximum Gasteiger partial charge on any atom is 0.266 e. The molecule has 5 nitrogen and oxygen atoms in total. The molecule has 0 aliphatic rings. The highest BCUT2D eigenvalue weighted by Gasteiger charge is 2.13. The van der Waals surface area contributed by atoms with Crippen molar-refractivity contribution in [3.05, 3.63) is 57.8 Å². The minimum absolute atomic E-state index is 0.192. The Balaban J connectivity index is 2.32. The highest BCUT2D eigenvalue weighted by atomic mass is 79.9. The van der Waals surface area contributed by atoms with E-state index < -0.39 is 11.7 Å². The number of carbonyl (C=O) groups is 1. The first kappa shape index (κ1) is 17.5. The molecule has 0 fully saturated rings. The molecule has 0 aromatic heterocycles. The van der Waals surface area contributed by atoms with Gasteiger partial charge in [0.05, 0.1) is 7.11 Å². The average molecular weight is 391 g/mol. The molecular formula is C17H12BrFN2O3. The van der Waals surface area contributed by atoms with Crippen molar-refractivity contribution in [2.45, 2.75) is 0 Å². The number of rotatable bonds is 4. The van der Waals surface area contributed by atoms with Gasteiger partial charge in [0.1, 0.15) is 17.5 Å². The Morgan fingerprint density at radius 2 is 2.04 bits per heavy atom. The molecule has 0 heterocycles. The number of halogens is 2. The molecule has 122 valence electrons. The number of benzene rings is 2. The molecule has 0 aliphatic heterocycles. The van der Waals surface area contributed by atoms with Crippen molar-refractivity contribution in [2.24, 2.45) is 0 Å². The van der Waals surface area contributed by atoms with Crippen LogP contribution in [0.15, 0.2) is 46.4 Å². The van der Waals surface area contributed by atoms with Crippen LogP contribution in [0.3, 0.4) is 0 Å². The molecule has 0 saturated carbocycles. The van der Waals surface area contributed by atoms with Crippen LogP contribution < -0.4 is 10.1 Å². The van der Waals surface area contributed by atoms with Gasteiger partial charge in [-0.3, -0.25) is 4.79 Å². The van der Waals surface area contributed by atoms with E-state index in [1.807, 2.05) is 0 Å². The maximum atomic E-state index is 12.9. The number of aromatic hydroxyl groups is 1. The lowest BCUT2D eigenvalue weighted by Crippen LogP contribution is -2.13. The molecule has 7 heteroatoms. The molecule has 0 aliphatic carbocycles. The molecule has 0 unspecified atom stereocenters. The summed E-state index contributed by atoms with van der Waals surface area (Å²) in [6.45, 7) is 0. The third kappa shape index (κ3) is 4.12. The number of methoxy groups -OCH3 is 1. The summed E-state index contributed by atoms with van der Waals surface area (Å²) in [5.41, 5.74) is 0.361. The smallest absolute Gasteiger partial charge is 0.266 e. The number of phenols is 1. The van der Waals surface area contributed by atoms with Gasteiger partial charge in [-0.05, 0) is 42.5 Å². The number of hydrogen-bond donors (Lipinski definition) is 2. The summed E-state index contributed by atoms with van der Waals surface area (Å²) in [4.78, 5) is 12.2. The summed E-state index contributed by atoms with van der Waals surface area (Å²) in [5, 5.41) is 21.8. The molecule has 2 aromatic rings. The highest BCUT2D eigenvalue weighted by molar-refractivity contribution is 9.10. The predicted molar refractivity (Wildman–Crippen MR) is 91.0 cm³/mol. The predicted octanol–water partition coefficient (Wildman–Crippen LogP) is 3.85. The minimum Gasteiger partial charge on any atom is -0.504 e. The number of anilines is 1. The lowest BCUT2D eigenvalue weighted by atomic mass is 10.1. The zero-order valence-electron chi connectivity index (χ0n) is 12.5. The number of carbonyl (C=O) groups excluding carboxylic acids is 1. The van der Waals surface area contributed by atoms with E-state index in [-0.39, 0.29) is 22.6 Å². The molecule has 2 rings (SSSR count). The third-order valence-electron chi connectivity index (χ3n) is 3.06. The van der Waals surface area contributed by atoms with E-state index in [1.165, 1.54) is 37.5 Å². The van der Waals surface area contributed by atoms with Gasteiger partial charge in [-0.15, -0.1) is 0 Å². The Labute approximate surface area is 146 Å². The standard InChI is InChI=1S/C17H12BrFN2O3/c1-24-15-8-12(18)7-10(16(15)22)6-11(9-20)17(23)21-14-4-2-13(19)3-5-14/h2-8,22H,1H3,(H,21,23)/b11-6+. The van der Waals surface area contributed by atoms with Crippen molar-refractivity contribution in [1.82, 2.24) is 0 Å². The van der Waals surface area contributed by atoms with Crippen molar-refractivity contribution in [2.75, 3.05) is 12.4 Å². The van der Waals surface area contributed by atoms with E-state index in [0.717, 1.165) is 0 Å². The molecule has 0 spiro atoms. The van der Waals surface area contributed by atoms with Crippen LogP contribution in [0, 0.1) is 17.1 Å². The van der Waals surface area contributed by atoms with Gasteiger partial charge in [0.2, 0.25) is 0 Å². The van der Waals surface area contributed by atoms with Crippen LogP contribution in [0.5, 0.6) is 11.5 Å². The number of nitriles is 1. The number of phenolic OH excluding ortho intramolecular Hbond substituents is 1. The normalized spacial score (nSPS) is 10.8. The maximum absolute atomic E-state index is 12.9. The molecule has 2 aromatic carbocycles. The second kappa shape index (κ2) is 7.62. The van der Waals surface area contributed by atoms with Crippen LogP contribution >= 0.6 is 15.9 Å². The van der Waals surface area contributed by atoms with Crippen LogP contribution in [-0.2, 0) is 4.79 Å². The number of hydrogen-bond acceptors (Lipinski definition) is 4. The topological polar surface area (TPSA) is 82.3 Å². The lowest BCUT2D eigenvalue weighted by Gasteiger charge is -2.08. The molecule has 24 heavy (non-hydrogen) atoms. The summed E-state index contributed by atoms with van der Waals surface area (Å²) in [7, 11) is 1.39. The Morgan fingerprint density at radius 3 is 2.62 bits per heavy atom. The van der Waals surface area contributed by atoms with Gasteiger partial charge < -0.3 is 15.2 Å². The minimum atomic E-state index is -0.678. The first-order valence-electron chi connectivity index (χ1n) is 6.70. The molecular weight excluding hydrogens is 379 g/mol. The van der Waals surface area contributed by atoms with Gasteiger partial charge in [0.25, 0.3) is 5.91 Å². The van der Waals surface area contributed by atoms with E-state index in [1.54, 1.807) is 18.2 Å². The zero-order chi connectivity index (χ0) is 17.7. The fourth-order valence-corrected chi connectivity index (χ4v) is 2.35. The highest BCUT2D eigenvalue weighted by Crippen LogP contribution is 2.34. The van der Waals surface area contributed by atoms with Crippen molar-refractivity contribution < 1.29 is 19.0 Å². The summed E-state index contributed by atoms with van der Waals surface area (Å²) >= 11 is 3.26. The fourth-order valence-electron chi connectivity index (χ4n) is 1.90. The Kier molecular flexibility index (Phi) is 5.55. The number of nitrogens with zero attached hydrogens (tertiary/aromatic N) is 1. The van der Waals surface area contributed by atoms with Crippen molar-refractivity contribution in [3.8, 4) is 17.6 Å². The molecule has 0 saturated heterocycles. The van der Waals surface area contributed by atoms with Gasteiger partial charge in [-0.1, -0.05) is 15.9 Å². The van der Waals surface area contributed by atoms with E-state index in [4.69, 9.17) is 4.74 Å². The van der Waals surface area contributed by atoms with Crippen molar-refractivity contribution in [1.29, 1.82) is 5.26 Å². The van der Waals surface area contributed by atoms with Gasteiger partial charge in [-0.25, -0.2) is 4.39 Å². The Hall–Kier alpha value is -2.85. The largest absolute Gasteiger partial charge is 0.504 e. The van der Waals surface area contributed by atoms with Crippen molar-refractivity contribution in [3.63, 3.8) is 0 Å². The summed E-state index contributed by atoms with van der Waals surface area (Å²) in [5.74, 6) is -1.10. The fraction of sp³-hybridized carbons (Fsp3) is 0.0588. The first-order chi connectivity index (χ1) is 11.4. The average Bonchev–Trinajstić information content (AvgIpc) is 2.57. The summed E-state index contributed by atoms with van der Waals surface area (Å²) < 4.78 is 18.5. The lowest BCUT2D eigenvalue weighted by molar-refractivity contribution is -0.112. The quantitative estimate of drug-likeness (QED) is 0.613. The van der Waals surface area contributed by atoms with Gasteiger partial charge >= 0.3 is 0 Å². The SMILES string of the molecule is COc1cc(Br)cc(/C=C(\C#N)C(=O)Nc2ccc(F)cc2)c1O. The zero-order valence-corrected chi connectivity index (χ0v) is 14.1. The second-order valence-corrected chi connectivity index (χ2v) is 5.59.